The molecule has 1 heterocycles. The molecule has 6 heteroatoms. The van der Waals surface area contributed by atoms with Crippen molar-refractivity contribution in [2.24, 2.45) is 0 Å². The number of hydrogen-bond acceptors (Lipinski definition) is 5. The van der Waals surface area contributed by atoms with Gasteiger partial charge in [-0.15, -0.1) is 0 Å². The van der Waals surface area contributed by atoms with Crippen LogP contribution in [-0.4, -0.2) is 11.9 Å². The first kappa shape index (κ1) is 13.4. The number of nitrogens with zero attached hydrogens (tertiary/aromatic N) is 1. The van der Waals surface area contributed by atoms with E-state index < -0.39 is 0 Å². The lowest BCUT2D eigenvalue weighted by Crippen LogP contribution is -2.00. The second-order valence-corrected chi connectivity index (χ2v) is 4.90. The van der Waals surface area contributed by atoms with Crippen molar-refractivity contribution < 1.29 is 14.6 Å². The summed E-state index contributed by atoms with van der Waals surface area (Å²) in [6, 6.07) is 10.3. The van der Waals surface area contributed by atoms with E-state index in [1.54, 1.807) is 24.3 Å². The molecule has 0 unspecified atom stereocenters. The standard InChI is InChI=1S/C15H11ClN2O3/c16-12-4-11(2-1-9(12)6-17)18-7-10-3-14-15(5-13(10)19)21-8-20-14/h1-5,18-19H,7-8H2. The molecule has 0 amide bonds. The highest BCUT2D eigenvalue weighted by Crippen LogP contribution is 2.37. The summed E-state index contributed by atoms with van der Waals surface area (Å²) in [5, 5.41) is 22.3. The largest absolute Gasteiger partial charge is 0.507 e. The van der Waals surface area contributed by atoms with Gasteiger partial charge in [-0.05, 0) is 24.3 Å². The SMILES string of the molecule is N#Cc1ccc(NCc2cc3c(cc2O)OCO3)cc1Cl. The van der Waals surface area contributed by atoms with Crippen molar-refractivity contribution in [2.45, 2.75) is 6.54 Å². The third kappa shape index (κ3) is 2.67. The number of aromatic hydroxyl groups is 1. The quantitative estimate of drug-likeness (QED) is 0.910. The summed E-state index contributed by atoms with van der Waals surface area (Å²) >= 11 is 5.97. The van der Waals surface area contributed by atoms with Gasteiger partial charge in [0.05, 0.1) is 10.6 Å². The molecular weight excluding hydrogens is 292 g/mol. The number of rotatable bonds is 3. The predicted octanol–water partition coefficient (Wildman–Crippen LogP) is 3.26. The number of phenolic OH excluding ortho intramolecular Hbond substituents is 1. The van der Waals surface area contributed by atoms with Gasteiger partial charge < -0.3 is 19.9 Å². The number of ether oxygens (including phenoxy) is 2. The second-order valence-electron chi connectivity index (χ2n) is 4.49. The van der Waals surface area contributed by atoms with Gasteiger partial charge in [-0.25, -0.2) is 0 Å². The smallest absolute Gasteiger partial charge is 0.231 e. The molecule has 0 spiro atoms. The maximum Gasteiger partial charge on any atom is 0.231 e. The number of anilines is 1. The van der Waals surface area contributed by atoms with Crippen LogP contribution < -0.4 is 14.8 Å². The molecule has 21 heavy (non-hydrogen) atoms. The van der Waals surface area contributed by atoms with E-state index in [1.807, 2.05) is 6.07 Å². The zero-order valence-corrected chi connectivity index (χ0v) is 11.6. The molecule has 0 bridgehead atoms. The Bertz CT molecular complexity index is 740. The number of fused-ring (bicyclic) bond motifs is 1. The van der Waals surface area contributed by atoms with Crippen molar-refractivity contribution in [1.82, 2.24) is 0 Å². The molecule has 0 fully saturated rings. The van der Waals surface area contributed by atoms with Gasteiger partial charge in [-0.3, -0.25) is 0 Å². The Morgan fingerprint density at radius 3 is 2.71 bits per heavy atom. The number of hydrogen-bond donors (Lipinski definition) is 2. The molecular formula is C15H11ClN2O3. The van der Waals surface area contributed by atoms with Crippen LogP contribution in [0.25, 0.3) is 0 Å². The average Bonchev–Trinajstić information content (AvgIpc) is 2.92. The van der Waals surface area contributed by atoms with Gasteiger partial charge in [0.1, 0.15) is 11.8 Å². The lowest BCUT2D eigenvalue weighted by Gasteiger charge is -2.10. The lowest BCUT2D eigenvalue weighted by atomic mass is 10.1. The predicted molar refractivity (Wildman–Crippen MR) is 77.7 cm³/mol. The fourth-order valence-electron chi connectivity index (χ4n) is 2.03. The molecule has 2 N–H and O–H groups in total. The van der Waals surface area contributed by atoms with Crippen LogP contribution in [0.2, 0.25) is 5.02 Å². The third-order valence-corrected chi connectivity index (χ3v) is 3.46. The number of benzene rings is 2. The van der Waals surface area contributed by atoms with Crippen LogP contribution in [0.3, 0.4) is 0 Å². The van der Waals surface area contributed by atoms with Crippen LogP contribution in [0, 0.1) is 11.3 Å². The van der Waals surface area contributed by atoms with Gasteiger partial charge in [0.2, 0.25) is 6.79 Å². The number of nitrogens with one attached hydrogen (secondary N) is 1. The van der Waals surface area contributed by atoms with Crippen LogP contribution >= 0.6 is 11.6 Å². The van der Waals surface area contributed by atoms with E-state index in [1.165, 1.54) is 6.07 Å². The monoisotopic (exact) mass is 302 g/mol. The highest BCUT2D eigenvalue weighted by Gasteiger charge is 2.16. The Labute approximate surface area is 126 Å². The van der Waals surface area contributed by atoms with E-state index in [2.05, 4.69) is 5.32 Å². The van der Waals surface area contributed by atoms with E-state index >= 15 is 0 Å². The molecule has 1 aliphatic heterocycles. The van der Waals surface area contributed by atoms with Gasteiger partial charge in [-0.1, -0.05) is 11.6 Å². The van der Waals surface area contributed by atoms with Crippen LogP contribution in [-0.2, 0) is 6.54 Å². The molecule has 1 aliphatic rings. The van der Waals surface area contributed by atoms with Gasteiger partial charge in [0.15, 0.2) is 11.5 Å². The number of phenols is 1. The van der Waals surface area contributed by atoms with E-state index in [0.29, 0.717) is 34.2 Å². The Balaban J connectivity index is 1.76. The van der Waals surface area contributed by atoms with Gasteiger partial charge in [0, 0.05) is 23.9 Å². The molecule has 106 valence electrons. The van der Waals surface area contributed by atoms with Crippen molar-refractivity contribution in [1.29, 1.82) is 5.26 Å². The summed E-state index contributed by atoms with van der Waals surface area (Å²) in [7, 11) is 0. The minimum Gasteiger partial charge on any atom is -0.507 e. The van der Waals surface area contributed by atoms with E-state index in [0.717, 1.165) is 5.69 Å². The summed E-state index contributed by atoms with van der Waals surface area (Å²) in [6.07, 6.45) is 0. The summed E-state index contributed by atoms with van der Waals surface area (Å²) in [4.78, 5) is 0. The van der Waals surface area contributed by atoms with Crippen LogP contribution in [0.5, 0.6) is 17.2 Å². The molecule has 0 aliphatic carbocycles. The average molecular weight is 303 g/mol. The van der Waals surface area contributed by atoms with Gasteiger partial charge in [0.25, 0.3) is 0 Å². The Morgan fingerprint density at radius 2 is 2.00 bits per heavy atom. The molecule has 3 rings (SSSR count). The zero-order valence-electron chi connectivity index (χ0n) is 10.9. The molecule has 2 aromatic rings. The minimum absolute atomic E-state index is 0.131. The van der Waals surface area contributed by atoms with Crippen molar-refractivity contribution in [3.63, 3.8) is 0 Å². The van der Waals surface area contributed by atoms with Crippen molar-refractivity contribution in [3.8, 4) is 23.3 Å². The van der Waals surface area contributed by atoms with E-state index in [9.17, 15) is 5.11 Å². The molecule has 2 aromatic carbocycles. The molecule has 0 saturated carbocycles. The van der Waals surface area contributed by atoms with Crippen LogP contribution in [0.1, 0.15) is 11.1 Å². The first-order valence-electron chi connectivity index (χ1n) is 6.22. The minimum atomic E-state index is 0.131. The molecule has 0 aromatic heterocycles. The zero-order chi connectivity index (χ0) is 14.8. The van der Waals surface area contributed by atoms with Gasteiger partial charge >= 0.3 is 0 Å². The molecule has 0 radical (unpaired) electrons. The second kappa shape index (κ2) is 5.43. The van der Waals surface area contributed by atoms with Crippen molar-refractivity contribution >= 4 is 17.3 Å². The fraction of sp³-hybridized carbons (Fsp3) is 0.133. The topological polar surface area (TPSA) is 74.5 Å². The Kier molecular flexibility index (Phi) is 3.46. The molecule has 0 atom stereocenters. The Morgan fingerprint density at radius 1 is 1.24 bits per heavy atom. The number of halogens is 1. The first-order chi connectivity index (χ1) is 10.2. The van der Waals surface area contributed by atoms with Crippen LogP contribution in [0.15, 0.2) is 30.3 Å². The summed E-state index contributed by atoms with van der Waals surface area (Å²) in [6.45, 7) is 0.557. The summed E-state index contributed by atoms with van der Waals surface area (Å²) in [5.41, 5.74) is 1.86. The normalized spacial score (nSPS) is 12.0. The number of nitriles is 1. The van der Waals surface area contributed by atoms with E-state index in [-0.39, 0.29) is 12.5 Å². The third-order valence-electron chi connectivity index (χ3n) is 3.15. The maximum absolute atomic E-state index is 9.94. The van der Waals surface area contributed by atoms with Crippen LogP contribution in [0.4, 0.5) is 5.69 Å². The molecule has 0 saturated heterocycles. The fourth-order valence-corrected chi connectivity index (χ4v) is 2.25. The van der Waals surface area contributed by atoms with E-state index in [4.69, 9.17) is 26.3 Å². The summed E-state index contributed by atoms with van der Waals surface area (Å²) in [5.74, 6) is 1.28. The molecule has 5 nitrogen and oxygen atoms in total. The summed E-state index contributed by atoms with van der Waals surface area (Å²) < 4.78 is 10.5. The highest BCUT2D eigenvalue weighted by molar-refractivity contribution is 6.32. The highest BCUT2D eigenvalue weighted by atomic mass is 35.5. The van der Waals surface area contributed by atoms with Gasteiger partial charge in [-0.2, -0.15) is 5.26 Å². The Hall–Kier alpha value is -2.58. The maximum atomic E-state index is 9.94. The van der Waals surface area contributed by atoms with Crippen molar-refractivity contribution in [3.05, 3.63) is 46.5 Å². The lowest BCUT2D eigenvalue weighted by molar-refractivity contribution is 0.174. The van der Waals surface area contributed by atoms with Crippen molar-refractivity contribution in [2.75, 3.05) is 12.1 Å². The first-order valence-corrected chi connectivity index (χ1v) is 6.60.